The Bertz CT molecular complexity index is 915. The lowest BCUT2D eigenvalue weighted by molar-refractivity contribution is -0.387. The highest BCUT2D eigenvalue weighted by Crippen LogP contribution is 2.37. The van der Waals surface area contributed by atoms with Gasteiger partial charge in [-0.25, -0.2) is 8.42 Å². The second kappa shape index (κ2) is 6.43. The lowest BCUT2D eigenvalue weighted by Crippen LogP contribution is -2.43. The van der Waals surface area contributed by atoms with Gasteiger partial charge in [-0.2, -0.15) is 4.31 Å². The van der Waals surface area contributed by atoms with Crippen molar-refractivity contribution in [3.8, 4) is 0 Å². The first-order chi connectivity index (χ1) is 11.8. The molecule has 3 rings (SSSR count). The molecule has 0 saturated carbocycles. The Morgan fingerprint density at radius 2 is 1.84 bits per heavy atom. The van der Waals surface area contributed by atoms with E-state index < -0.39 is 37.7 Å². The highest BCUT2D eigenvalue weighted by Gasteiger charge is 2.39. The fraction of sp³-hybridized carbons (Fsp3) is 0.250. The van der Waals surface area contributed by atoms with Gasteiger partial charge in [0.1, 0.15) is 0 Å². The van der Waals surface area contributed by atoms with Crippen LogP contribution >= 0.6 is 0 Å². The van der Waals surface area contributed by atoms with Crippen molar-refractivity contribution >= 4 is 21.4 Å². The van der Waals surface area contributed by atoms with Crippen LogP contribution in [-0.2, 0) is 10.0 Å². The fourth-order valence-electron chi connectivity index (χ4n) is 3.02. The largest absolute Gasteiger partial charge is 0.389 e. The number of hydrogen-bond acceptors (Lipinski definition) is 6. The van der Waals surface area contributed by atoms with E-state index in [0.717, 1.165) is 16.1 Å². The Hall–Kier alpha value is -2.49. The van der Waals surface area contributed by atoms with Gasteiger partial charge in [0.15, 0.2) is 4.90 Å². The SMILES string of the molecule is CN([C@H]1c2ccccc2NC[C@@H]1O)S(=O)(=O)c1ccccc1[N+](=O)[O-]. The average Bonchev–Trinajstić information content (AvgIpc) is 2.61. The van der Waals surface area contributed by atoms with Gasteiger partial charge in [-0.3, -0.25) is 10.1 Å². The van der Waals surface area contributed by atoms with Crippen LogP contribution in [0.5, 0.6) is 0 Å². The summed E-state index contributed by atoms with van der Waals surface area (Å²) in [5.74, 6) is 0. The van der Waals surface area contributed by atoms with Crippen molar-refractivity contribution in [1.82, 2.24) is 4.31 Å². The number of anilines is 1. The van der Waals surface area contributed by atoms with E-state index in [1.54, 1.807) is 24.3 Å². The maximum Gasteiger partial charge on any atom is 0.289 e. The lowest BCUT2D eigenvalue weighted by Gasteiger charge is -2.36. The lowest BCUT2D eigenvalue weighted by atomic mass is 9.96. The smallest absolute Gasteiger partial charge is 0.289 e. The summed E-state index contributed by atoms with van der Waals surface area (Å²) in [6.07, 6.45) is -0.988. The number of nitrogens with zero attached hydrogens (tertiary/aromatic N) is 2. The molecule has 0 aliphatic carbocycles. The molecule has 0 saturated heterocycles. The normalized spacial score (nSPS) is 20.0. The number of sulfonamides is 1. The number of hydrogen-bond donors (Lipinski definition) is 2. The highest BCUT2D eigenvalue weighted by molar-refractivity contribution is 7.89. The molecule has 1 heterocycles. The second-order valence-corrected chi connectivity index (χ2v) is 7.69. The zero-order valence-corrected chi connectivity index (χ0v) is 14.2. The summed E-state index contributed by atoms with van der Waals surface area (Å²) in [6.45, 7) is 0.179. The number of fused-ring (bicyclic) bond motifs is 1. The van der Waals surface area contributed by atoms with E-state index in [1.807, 2.05) is 0 Å². The molecule has 2 aromatic rings. The minimum absolute atomic E-state index is 0.179. The predicted octanol–water partition coefficient (Wildman–Crippen LogP) is 1.74. The molecule has 0 aromatic heterocycles. The van der Waals surface area contributed by atoms with Crippen LogP contribution in [0.15, 0.2) is 53.4 Å². The third kappa shape index (κ3) is 2.97. The Kier molecular flexibility index (Phi) is 4.46. The van der Waals surface area contributed by atoms with E-state index in [4.69, 9.17) is 0 Å². The maximum atomic E-state index is 13.0. The molecule has 0 unspecified atom stereocenters. The number of aliphatic hydroxyl groups is 1. The van der Waals surface area contributed by atoms with E-state index in [9.17, 15) is 23.6 Å². The zero-order valence-electron chi connectivity index (χ0n) is 13.4. The third-order valence-electron chi connectivity index (χ3n) is 4.26. The molecule has 1 aliphatic rings. The number of nitro benzene ring substituents is 1. The van der Waals surface area contributed by atoms with Gasteiger partial charge < -0.3 is 10.4 Å². The molecule has 8 nitrogen and oxygen atoms in total. The number of rotatable bonds is 4. The summed E-state index contributed by atoms with van der Waals surface area (Å²) < 4.78 is 27.0. The summed E-state index contributed by atoms with van der Waals surface area (Å²) in [5, 5.41) is 24.6. The minimum atomic E-state index is -4.19. The number of benzene rings is 2. The van der Waals surface area contributed by atoms with Crippen LogP contribution in [0.4, 0.5) is 11.4 Å². The summed E-state index contributed by atoms with van der Waals surface area (Å²) in [7, 11) is -2.86. The van der Waals surface area contributed by atoms with E-state index >= 15 is 0 Å². The van der Waals surface area contributed by atoms with Crippen LogP contribution in [0.2, 0.25) is 0 Å². The van der Waals surface area contributed by atoms with Gasteiger partial charge in [0, 0.05) is 25.3 Å². The van der Waals surface area contributed by atoms with Gasteiger partial charge in [-0.1, -0.05) is 30.3 Å². The van der Waals surface area contributed by atoms with Gasteiger partial charge in [0.05, 0.1) is 17.1 Å². The van der Waals surface area contributed by atoms with E-state index in [0.29, 0.717) is 5.56 Å². The van der Waals surface area contributed by atoms with Crippen LogP contribution in [-0.4, -0.2) is 42.4 Å². The summed E-state index contributed by atoms with van der Waals surface area (Å²) in [6, 6.07) is 11.4. The Morgan fingerprint density at radius 1 is 1.20 bits per heavy atom. The average molecular weight is 363 g/mol. The topological polar surface area (TPSA) is 113 Å². The van der Waals surface area contributed by atoms with Crippen LogP contribution in [0.25, 0.3) is 0 Å². The second-order valence-electron chi connectivity index (χ2n) is 5.73. The quantitative estimate of drug-likeness (QED) is 0.632. The van der Waals surface area contributed by atoms with E-state index in [-0.39, 0.29) is 6.54 Å². The van der Waals surface area contributed by atoms with Gasteiger partial charge in [-0.15, -0.1) is 0 Å². The van der Waals surface area contributed by atoms with Crippen LogP contribution < -0.4 is 5.32 Å². The molecule has 2 N–H and O–H groups in total. The van der Waals surface area contributed by atoms with Crippen LogP contribution in [0.1, 0.15) is 11.6 Å². The number of nitro groups is 1. The standard InChI is InChI=1S/C16H17N3O5S/c1-18(16-11-6-2-3-7-12(11)17-10-14(16)20)25(23,24)15-9-5-4-8-13(15)19(21)22/h2-9,14,16-17,20H,10H2,1H3/t14-,16-/m0/s1. The molecule has 2 atom stereocenters. The zero-order chi connectivity index (χ0) is 18.2. The monoisotopic (exact) mass is 363 g/mol. The number of para-hydroxylation sites is 2. The molecule has 132 valence electrons. The summed E-state index contributed by atoms with van der Waals surface area (Å²) >= 11 is 0. The first kappa shape index (κ1) is 17.3. The molecular formula is C16H17N3O5S. The maximum absolute atomic E-state index is 13.0. The number of nitrogens with one attached hydrogen (secondary N) is 1. The summed E-state index contributed by atoms with van der Waals surface area (Å²) in [5.41, 5.74) is 0.847. The van der Waals surface area contributed by atoms with Crippen molar-refractivity contribution in [3.63, 3.8) is 0 Å². The molecule has 0 radical (unpaired) electrons. The molecule has 1 aliphatic heterocycles. The first-order valence-corrected chi connectivity index (χ1v) is 9.00. The Balaban J connectivity index is 2.09. The molecule has 25 heavy (non-hydrogen) atoms. The van der Waals surface area contributed by atoms with E-state index in [2.05, 4.69) is 5.32 Å². The molecular weight excluding hydrogens is 346 g/mol. The molecule has 0 spiro atoms. The van der Waals surface area contributed by atoms with Gasteiger partial charge in [0.2, 0.25) is 10.0 Å². The molecule has 0 bridgehead atoms. The van der Waals surface area contributed by atoms with Crippen molar-refractivity contribution in [3.05, 3.63) is 64.2 Å². The number of β-amino-alcohol motifs (C(OH)–C–C–N with tert-alkyl or cyclic N) is 1. The van der Waals surface area contributed by atoms with Crippen LogP contribution in [0.3, 0.4) is 0 Å². The van der Waals surface area contributed by atoms with Crippen molar-refractivity contribution in [2.45, 2.75) is 17.0 Å². The van der Waals surface area contributed by atoms with Crippen molar-refractivity contribution in [1.29, 1.82) is 0 Å². The fourth-order valence-corrected chi connectivity index (χ4v) is 4.54. The minimum Gasteiger partial charge on any atom is -0.389 e. The van der Waals surface area contributed by atoms with Gasteiger partial charge in [0.25, 0.3) is 5.69 Å². The van der Waals surface area contributed by atoms with Gasteiger partial charge >= 0.3 is 0 Å². The molecule has 0 amide bonds. The first-order valence-electron chi connectivity index (χ1n) is 7.56. The van der Waals surface area contributed by atoms with Crippen molar-refractivity contribution < 1.29 is 18.4 Å². The molecule has 0 fully saturated rings. The highest BCUT2D eigenvalue weighted by atomic mass is 32.2. The van der Waals surface area contributed by atoms with E-state index in [1.165, 1.54) is 25.2 Å². The third-order valence-corrected chi connectivity index (χ3v) is 6.14. The Labute approximate surface area is 144 Å². The molecule has 2 aromatic carbocycles. The van der Waals surface area contributed by atoms with Gasteiger partial charge in [-0.05, 0) is 17.7 Å². The number of likely N-dealkylation sites (N-methyl/N-ethyl adjacent to an activating group) is 1. The van der Waals surface area contributed by atoms with Crippen LogP contribution in [0, 0.1) is 10.1 Å². The summed E-state index contributed by atoms with van der Waals surface area (Å²) in [4.78, 5) is 10.1. The Morgan fingerprint density at radius 3 is 2.56 bits per heavy atom. The van der Waals surface area contributed by atoms with Crippen molar-refractivity contribution in [2.24, 2.45) is 0 Å². The number of aliphatic hydroxyl groups excluding tert-OH is 1. The molecule has 9 heteroatoms. The predicted molar refractivity (Wildman–Crippen MR) is 91.7 cm³/mol. The van der Waals surface area contributed by atoms with Crippen molar-refractivity contribution in [2.75, 3.05) is 18.9 Å².